The first kappa shape index (κ1) is 30.9. The number of nitrogens with zero attached hydrogens (tertiary/aromatic N) is 2. The predicted molar refractivity (Wildman–Crippen MR) is 207 cm³/mol. The standard InChI is InChI=1S/C38H27N2P.C7H8/c1-27(28-11-5-2-6-12-28)33-19-17-29-25-39-23-21-34(29)37(33)38-35-22-24-40-26-30(35)18-20-36(38)41(31-13-7-3-8-14-31)32-15-9-4-10-16-32;1-7-5-3-2-4-6-7/h2-26H,1H2;2-6H,1H3. The van der Waals surface area contributed by atoms with Gasteiger partial charge in [0.25, 0.3) is 0 Å². The minimum absolute atomic E-state index is 0.871. The summed E-state index contributed by atoms with van der Waals surface area (Å²) in [6, 6.07) is 55.8. The second-order valence-corrected chi connectivity index (χ2v) is 13.8. The van der Waals surface area contributed by atoms with Crippen molar-refractivity contribution in [3.63, 3.8) is 0 Å². The zero-order chi connectivity index (χ0) is 32.7. The van der Waals surface area contributed by atoms with Crippen LogP contribution in [0.3, 0.4) is 0 Å². The van der Waals surface area contributed by atoms with Crippen LogP contribution in [0.5, 0.6) is 0 Å². The van der Waals surface area contributed by atoms with Crippen LogP contribution in [0.4, 0.5) is 0 Å². The number of rotatable bonds is 6. The Morgan fingerprint density at radius 1 is 0.500 bits per heavy atom. The number of aryl methyl sites for hydroxylation is 1. The highest BCUT2D eigenvalue weighted by Gasteiger charge is 2.25. The Morgan fingerprint density at radius 2 is 0.979 bits per heavy atom. The molecule has 0 bridgehead atoms. The summed E-state index contributed by atoms with van der Waals surface area (Å²) in [5.74, 6) is 0. The number of hydrogen-bond acceptors (Lipinski definition) is 2. The SMILES string of the molecule is C=C(c1ccccc1)c1ccc2cnccc2c1-c1c(P(c2ccccc2)c2ccccc2)ccc2cnccc12.Cc1ccccc1. The maximum absolute atomic E-state index is 4.64. The molecule has 8 aromatic rings. The predicted octanol–water partition coefficient (Wildman–Crippen LogP) is 10.3. The van der Waals surface area contributed by atoms with Crippen LogP contribution in [0.2, 0.25) is 0 Å². The molecule has 0 saturated heterocycles. The molecule has 2 aromatic heterocycles. The average molecular weight is 635 g/mol. The van der Waals surface area contributed by atoms with Crippen molar-refractivity contribution >= 4 is 51.0 Å². The van der Waals surface area contributed by atoms with E-state index in [2.05, 4.69) is 157 Å². The van der Waals surface area contributed by atoms with E-state index in [-0.39, 0.29) is 0 Å². The smallest absolute Gasteiger partial charge is 0.0346 e. The number of benzene rings is 6. The van der Waals surface area contributed by atoms with Crippen molar-refractivity contribution in [1.29, 1.82) is 0 Å². The van der Waals surface area contributed by atoms with E-state index in [0.717, 1.165) is 32.9 Å². The Morgan fingerprint density at radius 3 is 1.50 bits per heavy atom. The van der Waals surface area contributed by atoms with Crippen LogP contribution in [-0.2, 0) is 0 Å². The van der Waals surface area contributed by atoms with Gasteiger partial charge in [0.15, 0.2) is 0 Å². The first-order chi connectivity index (χ1) is 23.7. The third kappa shape index (κ3) is 6.45. The van der Waals surface area contributed by atoms with Crippen LogP contribution >= 0.6 is 7.92 Å². The van der Waals surface area contributed by atoms with Gasteiger partial charge in [-0.2, -0.15) is 0 Å². The zero-order valence-corrected chi connectivity index (χ0v) is 27.8. The Kier molecular flexibility index (Phi) is 9.27. The van der Waals surface area contributed by atoms with Gasteiger partial charge in [0.1, 0.15) is 0 Å². The molecule has 0 unspecified atom stereocenters. The molecular weight excluding hydrogens is 599 g/mol. The number of hydrogen-bond donors (Lipinski definition) is 0. The molecule has 2 nitrogen and oxygen atoms in total. The molecule has 0 atom stereocenters. The maximum atomic E-state index is 4.64. The minimum Gasteiger partial charge on any atom is -0.264 e. The normalized spacial score (nSPS) is 10.9. The molecular formula is C45H35N2P. The van der Waals surface area contributed by atoms with Crippen LogP contribution in [0, 0.1) is 6.92 Å². The van der Waals surface area contributed by atoms with E-state index in [4.69, 9.17) is 0 Å². The highest BCUT2D eigenvalue weighted by atomic mass is 31.1. The third-order valence-electron chi connectivity index (χ3n) is 8.53. The third-order valence-corrected chi connectivity index (χ3v) is 11.0. The molecule has 48 heavy (non-hydrogen) atoms. The van der Waals surface area contributed by atoms with Gasteiger partial charge in [0.2, 0.25) is 0 Å². The van der Waals surface area contributed by atoms with Crippen molar-refractivity contribution in [1.82, 2.24) is 9.97 Å². The molecule has 8 rings (SSSR count). The zero-order valence-electron chi connectivity index (χ0n) is 26.9. The Hall–Kier alpha value is -5.69. The van der Waals surface area contributed by atoms with Crippen molar-refractivity contribution in [2.24, 2.45) is 0 Å². The summed E-state index contributed by atoms with van der Waals surface area (Å²) in [6.45, 7) is 6.72. The summed E-state index contributed by atoms with van der Waals surface area (Å²) in [5, 5.41) is 8.50. The quantitative estimate of drug-likeness (QED) is 0.170. The number of aromatic nitrogens is 2. The maximum Gasteiger partial charge on any atom is 0.0346 e. The lowest BCUT2D eigenvalue weighted by Crippen LogP contribution is -2.22. The molecule has 0 aliphatic carbocycles. The van der Waals surface area contributed by atoms with Gasteiger partial charge in [0, 0.05) is 35.6 Å². The first-order valence-corrected chi connectivity index (χ1v) is 17.4. The van der Waals surface area contributed by atoms with E-state index < -0.39 is 7.92 Å². The largest absolute Gasteiger partial charge is 0.264 e. The highest BCUT2D eigenvalue weighted by Crippen LogP contribution is 2.45. The summed E-state index contributed by atoms with van der Waals surface area (Å²) >= 11 is 0. The fourth-order valence-corrected chi connectivity index (χ4v) is 8.68. The monoisotopic (exact) mass is 634 g/mol. The molecule has 0 fully saturated rings. The topological polar surface area (TPSA) is 25.8 Å². The second kappa shape index (κ2) is 14.4. The molecule has 0 aliphatic heterocycles. The average Bonchev–Trinajstić information content (AvgIpc) is 3.16. The van der Waals surface area contributed by atoms with Gasteiger partial charge in [0.05, 0.1) is 0 Å². The van der Waals surface area contributed by atoms with Gasteiger partial charge in [-0.15, -0.1) is 0 Å². The van der Waals surface area contributed by atoms with Crippen LogP contribution in [0.15, 0.2) is 189 Å². The minimum atomic E-state index is -0.871. The molecule has 0 spiro atoms. The van der Waals surface area contributed by atoms with Gasteiger partial charge < -0.3 is 0 Å². The van der Waals surface area contributed by atoms with Crippen molar-refractivity contribution in [2.75, 3.05) is 0 Å². The number of pyridine rings is 2. The Labute approximate surface area is 283 Å². The van der Waals surface area contributed by atoms with Gasteiger partial charge in [-0.1, -0.05) is 158 Å². The fourth-order valence-electron chi connectivity index (χ4n) is 6.21. The van der Waals surface area contributed by atoms with Crippen molar-refractivity contribution < 1.29 is 0 Å². The van der Waals surface area contributed by atoms with Crippen LogP contribution in [-0.4, -0.2) is 9.97 Å². The van der Waals surface area contributed by atoms with Gasteiger partial charge in [-0.05, 0) is 81.5 Å². The Bertz CT molecular complexity index is 2260. The number of fused-ring (bicyclic) bond motifs is 2. The molecule has 3 heteroatoms. The van der Waals surface area contributed by atoms with Gasteiger partial charge >= 0.3 is 0 Å². The van der Waals surface area contributed by atoms with E-state index >= 15 is 0 Å². The van der Waals surface area contributed by atoms with Crippen LogP contribution in [0.25, 0.3) is 38.2 Å². The lowest BCUT2D eigenvalue weighted by atomic mass is 9.86. The second-order valence-electron chi connectivity index (χ2n) is 11.6. The van der Waals surface area contributed by atoms with E-state index in [1.807, 2.05) is 49.1 Å². The first-order valence-electron chi connectivity index (χ1n) is 16.1. The van der Waals surface area contributed by atoms with Gasteiger partial charge in [-0.25, -0.2) is 0 Å². The summed E-state index contributed by atoms with van der Waals surface area (Å²) in [4.78, 5) is 8.95. The molecule has 6 aromatic carbocycles. The van der Waals surface area contributed by atoms with E-state index in [9.17, 15) is 0 Å². The van der Waals surface area contributed by atoms with Crippen molar-refractivity contribution in [3.05, 3.63) is 206 Å². The molecule has 230 valence electrons. The molecule has 0 amide bonds. The summed E-state index contributed by atoms with van der Waals surface area (Å²) in [7, 11) is -0.871. The van der Waals surface area contributed by atoms with E-state index in [1.165, 1.54) is 38.0 Å². The summed E-state index contributed by atoms with van der Waals surface area (Å²) in [5.41, 5.74) is 6.97. The summed E-state index contributed by atoms with van der Waals surface area (Å²) in [6.07, 6.45) is 7.72. The lowest BCUT2D eigenvalue weighted by Gasteiger charge is -2.26. The summed E-state index contributed by atoms with van der Waals surface area (Å²) < 4.78 is 0. The van der Waals surface area contributed by atoms with Gasteiger partial charge in [-0.3, -0.25) is 9.97 Å². The molecule has 0 N–H and O–H groups in total. The van der Waals surface area contributed by atoms with Crippen LogP contribution < -0.4 is 15.9 Å². The fraction of sp³-hybridized carbons (Fsp3) is 0.0222. The van der Waals surface area contributed by atoms with Crippen molar-refractivity contribution in [2.45, 2.75) is 6.92 Å². The van der Waals surface area contributed by atoms with Crippen molar-refractivity contribution in [3.8, 4) is 11.1 Å². The molecule has 0 aliphatic rings. The molecule has 2 heterocycles. The molecule has 0 radical (unpaired) electrons. The Balaban J connectivity index is 0.000000465. The van der Waals surface area contributed by atoms with Crippen LogP contribution in [0.1, 0.15) is 16.7 Å². The lowest BCUT2D eigenvalue weighted by molar-refractivity contribution is 1.36. The molecule has 0 saturated carbocycles. The van der Waals surface area contributed by atoms with E-state index in [1.54, 1.807) is 0 Å². The van der Waals surface area contributed by atoms with E-state index in [0.29, 0.717) is 0 Å². The highest BCUT2D eigenvalue weighted by molar-refractivity contribution is 7.80.